The number of rotatable bonds is 8. The summed E-state index contributed by atoms with van der Waals surface area (Å²) in [5.74, 6) is -1.15. The molecular formula is C21H23ClFN5O4S. The minimum Gasteiger partial charge on any atom is -0.348 e. The van der Waals surface area contributed by atoms with E-state index in [1.807, 2.05) is 0 Å². The highest BCUT2D eigenvalue weighted by atomic mass is 35.5. The summed E-state index contributed by atoms with van der Waals surface area (Å²) in [4.78, 5) is 25.3. The molecule has 12 heteroatoms. The molecule has 1 saturated carbocycles. The average molecular weight is 496 g/mol. The molecule has 4 rings (SSSR count). The number of nitrogens with zero attached hydrogens (tertiary/aromatic N) is 3. The third kappa shape index (κ3) is 6.38. The Kier molecular flexibility index (Phi) is 6.80. The van der Waals surface area contributed by atoms with E-state index in [1.54, 1.807) is 10.9 Å². The van der Waals surface area contributed by atoms with Gasteiger partial charge in [0.15, 0.2) is 15.5 Å². The van der Waals surface area contributed by atoms with Crippen LogP contribution in [0.25, 0.3) is 0 Å². The molecule has 33 heavy (non-hydrogen) atoms. The van der Waals surface area contributed by atoms with Crippen LogP contribution in [0.2, 0.25) is 5.02 Å². The monoisotopic (exact) mass is 495 g/mol. The molecule has 2 amide bonds. The van der Waals surface area contributed by atoms with Crippen LogP contribution in [0.3, 0.4) is 0 Å². The molecule has 1 fully saturated rings. The number of benzene rings is 1. The topological polar surface area (TPSA) is 123 Å². The van der Waals surface area contributed by atoms with Crippen molar-refractivity contribution in [1.82, 2.24) is 25.6 Å². The lowest BCUT2D eigenvalue weighted by atomic mass is 10.0. The van der Waals surface area contributed by atoms with E-state index in [1.165, 1.54) is 12.1 Å². The first-order valence-corrected chi connectivity index (χ1v) is 12.7. The van der Waals surface area contributed by atoms with Gasteiger partial charge in [0, 0.05) is 29.1 Å². The molecule has 2 heterocycles. The molecule has 2 aromatic rings. The van der Waals surface area contributed by atoms with Crippen molar-refractivity contribution >= 4 is 33.3 Å². The summed E-state index contributed by atoms with van der Waals surface area (Å²) in [5.41, 5.74) is 0.562. The van der Waals surface area contributed by atoms with Crippen LogP contribution in [-0.4, -0.2) is 47.5 Å². The molecule has 1 aromatic heterocycles. The first-order chi connectivity index (χ1) is 15.7. The molecule has 0 bridgehead atoms. The predicted molar refractivity (Wildman–Crippen MR) is 118 cm³/mol. The molecule has 2 aliphatic rings. The van der Waals surface area contributed by atoms with E-state index < -0.39 is 33.5 Å². The highest BCUT2D eigenvalue weighted by Crippen LogP contribution is 2.30. The molecule has 1 aromatic carbocycles. The van der Waals surface area contributed by atoms with Gasteiger partial charge in [-0.1, -0.05) is 16.8 Å². The SMILES string of the molecule is O=C(NC(CNC(=O)c1cn(CC2CC2)nn1)c1cc(F)cc(Cl)c1)C1=CS(=O)(=O)CCC1. The smallest absolute Gasteiger partial charge is 0.273 e. The van der Waals surface area contributed by atoms with E-state index in [0.717, 1.165) is 24.3 Å². The van der Waals surface area contributed by atoms with Gasteiger partial charge in [0.2, 0.25) is 5.91 Å². The molecule has 2 N–H and O–H groups in total. The van der Waals surface area contributed by atoms with Gasteiger partial charge in [-0.25, -0.2) is 12.8 Å². The van der Waals surface area contributed by atoms with E-state index in [0.29, 0.717) is 30.9 Å². The number of amides is 2. The largest absolute Gasteiger partial charge is 0.348 e. The van der Waals surface area contributed by atoms with E-state index in [2.05, 4.69) is 20.9 Å². The molecule has 1 aliphatic heterocycles. The number of carbonyl (C=O) groups is 2. The zero-order valence-electron chi connectivity index (χ0n) is 17.6. The van der Waals surface area contributed by atoms with Gasteiger partial charge in [0.25, 0.3) is 5.91 Å². The number of nitrogens with one attached hydrogen (secondary N) is 2. The fraction of sp³-hybridized carbons (Fsp3) is 0.429. The second-order valence-electron chi connectivity index (χ2n) is 8.32. The first-order valence-electron chi connectivity index (χ1n) is 10.6. The van der Waals surface area contributed by atoms with Crippen molar-refractivity contribution in [3.8, 4) is 0 Å². The van der Waals surface area contributed by atoms with Crippen molar-refractivity contribution in [1.29, 1.82) is 0 Å². The Morgan fingerprint density at radius 2 is 2.03 bits per heavy atom. The van der Waals surface area contributed by atoms with Crippen LogP contribution >= 0.6 is 11.6 Å². The lowest BCUT2D eigenvalue weighted by Gasteiger charge is -2.22. The number of aromatic nitrogens is 3. The van der Waals surface area contributed by atoms with Crippen molar-refractivity contribution in [2.24, 2.45) is 5.92 Å². The van der Waals surface area contributed by atoms with E-state index in [9.17, 15) is 22.4 Å². The lowest BCUT2D eigenvalue weighted by Crippen LogP contribution is -2.39. The highest BCUT2D eigenvalue weighted by Gasteiger charge is 2.25. The van der Waals surface area contributed by atoms with Crippen LogP contribution in [0.1, 0.15) is 47.8 Å². The summed E-state index contributed by atoms with van der Waals surface area (Å²) in [6, 6.07) is 2.93. The van der Waals surface area contributed by atoms with Crippen molar-refractivity contribution in [2.75, 3.05) is 12.3 Å². The van der Waals surface area contributed by atoms with Crippen LogP contribution in [0.5, 0.6) is 0 Å². The van der Waals surface area contributed by atoms with E-state index in [4.69, 9.17) is 11.6 Å². The second kappa shape index (κ2) is 9.60. The third-order valence-corrected chi connectivity index (χ3v) is 7.18. The van der Waals surface area contributed by atoms with Crippen LogP contribution in [0.15, 0.2) is 35.4 Å². The van der Waals surface area contributed by atoms with Gasteiger partial charge in [0.1, 0.15) is 5.82 Å². The molecule has 0 spiro atoms. The van der Waals surface area contributed by atoms with Gasteiger partial charge in [-0.15, -0.1) is 5.10 Å². The summed E-state index contributed by atoms with van der Waals surface area (Å²) < 4.78 is 39.3. The molecule has 1 unspecified atom stereocenters. The number of carbonyl (C=O) groups excluding carboxylic acids is 2. The van der Waals surface area contributed by atoms with Crippen molar-refractivity contribution in [3.05, 3.63) is 57.5 Å². The Labute approximate surface area is 195 Å². The Morgan fingerprint density at radius 1 is 1.24 bits per heavy atom. The third-order valence-electron chi connectivity index (χ3n) is 5.46. The molecule has 9 nitrogen and oxygen atoms in total. The van der Waals surface area contributed by atoms with Gasteiger partial charge in [-0.2, -0.15) is 0 Å². The average Bonchev–Trinajstić information content (AvgIpc) is 3.43. The quantitative estimate of drug-likeness (QED) is 0.578. The summed E-state index contributed by atoms with van der Waals surface area (Å²) in [7, 11) is -3.45. The fourth-order valence-electron chi connectivity index (χ4n) is 3.59. The Hall–Kier alpha value is -2.79. The van der Waals surface area contributed by atoms with Gasteiger partial charge >= 0.3 is 0 Å². The zero-order valence-corrected chi connectivity index (χ0v) is 19.2. The van der Waals surface area contributed by atoms with Crippen molar-refractivity contribution in [2.45, 2.75) is 38.3 Å². The predicted octanol–water partition coefficient (Wildman–Crippen LogP) is 2.16. The maximum absolute atomic E-state index is 14.0. The van der Waals surface area contributed by atoms with Crippen LogP contribution in [0.4, 0.5) is 4.39 Å². The van der Waals surface area contributed by atoms with Gasteiger partial charge in [-0.05, 0) is 55.4 Å². The van der Waals surface area contributed by atoms with Gasteiger partial charge < -0.3 is 10.6 Å². The molecule has 0 saturated heterocycles. The summed E-state index contributed by atoms with van der Waals surface area (Å²) in [5, 5.41) is 14.3. The molecule has 1 aliphatic carbocycles. The number of hydrogen-bond donors (Lipinski definition) is 2. The molecule has 176 valence electrons. The Morgan fingerprint density at radius 3 is 2.73 bits per heavy atom. The number of hydrogen-bond acceptors (Lipinski definition) is 6. The molecule has 0 radical (unpaired) electrons. The summed E-state index contributed by atoms with van der Waals surface area (Å²) in [6.07, 6.45) is 4.47. The maximum atomic E-state index is 14.0. The highest BCUT2D eigenvalue weighted by molar-refractivity contribution is 7.94. The van der Waals surface area contributed by atoms with E-state index in [-0.39, 0.29) is 28.6 Å². The first kappa shape index (κ1) is 23.4. The lowest BCUT2D eigenvalue weighted by molar-refractivity contribution is -0.118. The van der Waals surface area contributed by atoms with Gasteiger partial charge in [0.05, 0.1) is 18.0 Å². The second-order valence-corrected chi connectivity index (χ2v) is 10.7. The van der Waals surface area contributed by atoms with Crippen molar-refractivity contribution < 1.29 is 22.4 Å². The number of sulfone groups is 1. The molecular weight excluding hydrogens is 473 g/mol. The normalized spacial score (nSPS) is 18.3. The van der Waals surface area contributed by atoms with Crippen molar-refractivity contribution in [3.63, 3.8) is 0 Å². The zero-order chi connectivity index (χ0) is 23.6. The summed E-state index contributed by atoms with van der Waals surface area (Å²) >= 11 is 5.97. The van der Waals surface area contributed by atoms with Crippen LogP contribution in [0, 0.1) is 11.7 Å². The maximum Gasteiger partial charge on any atom is 0.273 e. The minimum atomic E-state index is -3.45. The van der Waals surface area contributed by atoms with E-state index >= 15 is 0 Å². The standard InChI is InChI=1S/C21H23ClFN5O4S/c22-16-6-15(7-17(23)8-16)18(25-20(29)14-2-1-5-33(31,32)12-14)9-24-21(30)19-11-28(27-26-19)10-13-3-4-13/h6-8,11-13,18H,1-5,9-10H2,(H,24,30)(H,25,29). The van der Waals surface area contributed by atoms with Crippen LogP contribution in [-0.2, 0) is 21.2 Å². The number of halogens is 2. The van der Waals surface area contributed by atoms with Crippen LogP contribution < -0.4 is 10.6 Å². The Balaban J connectivity index is 1.48. The minimum absolute atomic E-state index is 0.00972. The fourth-order valence-corrected chi connectivity index (χ4v) is 5.14. The van der Waals surface area contributed by atoms with Gasteiger partial charge in [-0.3, -0.25) is 14.3 Å². The molecule has 1 atom stereocenters. The Bertz CT molecular complexity index is 1190. The summed E-state index contributed by atoms with van der Waals surface area (Å²) in [6.45, 7) is 0.610.